The zero-order valence-electron chi connectivity index (χ0n) is 14.2. The number of furan rings is 1. The second-order valence-corrected chi connectivity index (χ2v) is 5.40. The van der Waals surface area contributed by atoms with Crippen LogP contribution in [0.3, 0.4) is 0 Å². The maximum absolute atomic E-state index is 11.7. The van der Waals surface area contributed by atoms with Gasteiger partial charge in [0.25, 0.3) is 0 Å². The molecule has 0 bridgehead atoms. The van der Waals surface area contributed by atoms with Crippen LogP contribution in [-0.4, -0.2) is 25.6 Å². The number of amides is 3. The van der Waals surface area contributed by atoms with Crippen LogP contribution < -0.4 is 26.2 Å². The summed E-state index contributed by atoms with van der Waals surface area (Å²) in [5.41, 5.74) is 7.02. The zero-order chi connectivity index (χ0) is 18.1. The quantitative estimate of drug-likeness (QED) is 0.317. The van der Waals surface area contributed by atoms with Crippen LogP contribution in [0.2, 0.25) is 0 Å². The maximum atomic E-state index is 11.7. The summed E-state index contributed by atoms with van der Waals surface area (Å²) in [7, 11) is 0. The van der Waals surface area contributed by atoms with Crippen LogP contribution in [0.5, 0.6) is 5.75 Å². The van der Waals surface area contributed by atoms with Crippen molar-refractivity contribution in [2.24, 2.45) is 0 Å². The molecule has 3 amide bonds. The summed E-state index contributed by atoms with van der Waals surface area (Å²) in [5, 5.41) is 5.26. The summed E-state index contributed by atoms with van der Waals surface area (Å²) in [4.78, 5) is 21.9. The van der Waals surface area contributed by atoms with E-state index in [1.807, 2.05) is 26.0 Å². The molecule has 0 spiro atoms. The Labute approximate surface area is 145 Å². The fraction of sp³-hybridized carbons (Fsp3) is 0.294. The third-order valence-electron chi connectivity index (χ3n) is 3.29. The molecule has 0 fully saturated rings. The first-order valence-corrected chi connectivity index (χ1v) is 7.88. The van der Waals surface area contributed by atoms with Crippen molar-refractivity contribution in [3.05, 3.63) is 41.5 Å². The van der Waals surface area contributed by atoms with Gasteiger partial charge in [-0.3, -0.25) is 21.0 Å². The van der Waals surface area contributed by atoms with Crippen molar-refractivity contribution in [1.82, 2.24) is 10.7 Å². The molecule has 134 valence electrons. The molecule has 0 aliphatic heterocycles. The third kappa shape index (κ3) is 6.09. The van der Waals surface area contributed by atoms with Gasteiger partial charge in [0.15, 0.2) is 0 Å². The molecule has 0 saturated carbocycles. The molecule has 0 saturated heterocycles. The second-order valence-electron chi connectivity index (χ2n) is 5.40. The van der Waals surface area contributed by atoms with Crippen molar-refractivity contribution < 1.29 is 18.7 Å². The molecule has 0 radical (unpaired) electrons. The predicted octanol–water partition coefficient (Wildman–Crippen LogP) is 2.56. The van der Waals surface area contributed by atoms with E-state index in [-0.39, 0.29) is 11.9 Å². The molecule has 8 nitrogen and oxygen atoms in total. The zero-order valence-corrected chi connectivity index (χ0v) is 14.2. The highest BCUT2D eigenvalue weighted by Gasteiger charge is 2.06. The number of hydrazine groups is 1. The Morgan fingerprint density at radius 3 is 2.76 bits per heavy atom. The van der Waals surface area contributed by atoms with Crippen molar-refractivity contribution in [3.63, 3.8) is 0 Å². The van der Waals surface area contributed by atoms with Crippen LogP contribution >= 0.6 is 0 Å². The molecule has 1 heterocycles. The number of aryl methyl sites for hydroxylation is 2. The predicted molar refractivity (Wildman–Crippen MR) is 94.6 cm³/mol. The lowest BCUT2D eigenvalue weighted by Crippen LogP contribution is -2.30. The van der Waals surface area contributed by atoms with E-state index in [4.69, 9.17) is 9.15 Å². The number of benzene rings is 1. The second kappa shape index (κ2) is 9.21. The van der Waals surface area contributed by atoms with Gasteiger partial charge >= 0.3 is 6.03 Å². The number of ether oxygens (including phenoxy) is 1. The molecule has 0 aliphatic carbocycles. The van der Waals surface area contributed by atoms with Crippen molar-refractivity contribution in [2.45, 2.75) is 20.3 Å². The third-order valence-corrected chi connectivity index (χ3v) is 3.29. The van der Waals surface area contributed by atoms with Gasteiger partial charge in [-0.05, 0) is 31.9 Å². The Morgan fingerprint density at radius 2 is 2.00 bits per heavy atom. The number of hydrogen-bond acceptors (Lipinski definition) is 5. The SMILES string of the molecule is Cc1ccc(OCCCNC(=O)Nc2ccc(NNC=O)o2)c(C)c1. The van der Waals surface area contributed by atoms with E-state index in [0.717, 1.165) is 11.3 Å². The molecular weight excluding hydrogens is 324 g/mol. The topological polar surface area (TPSA) is 105 Å². The lowest BCUT2D eigenvalue weighted by atomic mass is 10.1. The van der Waals surface area contributed by atoms with E-state index in [9.17, 15) is 9.59 Å². The highest BCUT2D eigenvalue weighted by atomic mass is 16.5. The highest BCUT2D eigenvalue weighted by Crippen LogP contribution is 2.19. The number of hydrogen-bond donors (Lipinski definition) is 4. The lowest BCUT2D eigenvalue weighted by Gasteiger charge is -2.10. The smallest absolute Gasteiger partial charge is 0.321 e. The number of urea groups is 1. The average molecular weight is 346 g/mol. The monoisotopic (exact) mass is 346 g/mol. The van der Waals surface area contributed by atoms with Crippen LogP contribution in [0.4, 0.5) is 16.6 Å². The van der Waals surface area contributed by atoms with Crippen molar-refractivity contribution in [3.8, 4) is 5.75 Å². The van der Waals surface area contributed by atoms with E-state index in [1.165, 1.54) is 5.56 Å². The highest BCUT2D eigenvalue weighted by molar-refractivity contribution is 5.87. The minimum atomic E-state index is -0.379. The number of carbonyl (C=O) groups is 2. The summed E-state index contributed by atoms with van der Waals surface area (Å²) < 4.78 is 10.9. The standard InChI is InChI=1S/C17H22N4O4/c1-12-4-5-14(13(2)10-12)24-9-3-8-18-17(23)20-15-6-7-16(25-15)21-19-11-22/h4-7,10-11,21H,3,8-9H2,1-2H3,(H,19,22)(H2,18,20,23). The molecule has 8 heteroatoms. The molecule has 4 N–H and O–H groups in total. The van der Waals surface area contributed by atoms with Crippen LogP contribution in [-0.2, 0) is 4.79 Å². The Kier molecular flexibility index (Phi) is 6.70. The van der Waals surface area contributed by atoms with E-state index in [2.05, 4.69) is 27.6 Å². The van der Waals surface area contributed by atoms with Gasteiger partial charge in [-0.15, -0.1) is 0 Å². The van der Waals surface area contributed by atoms with Crippen molar-refractivity contribution >= 4 is 24.2 Å². The summed E-state index contributed by atoms with van der Waals surface area (Å²) >= 11 is 0. The van der Waals surface area contributed by atoms with Crippen LogP contribution in [0.15, 0.2) is 34.7 Å². The Hall–Kier alpha value is -3.16. The molecule has 0 atom stereocenters. The molecule has 25 heavy (non-hydrogen) atoms. The first-order chi connectivity index (χ1) is 12.1. The summed E-state index contributed by atoms with van der Waals surface area (Å²) in [6, 6.07) is 8.79. The minimum Gasteiger partial charge on any atom is -0.493 e. The first kappa shape index (κ1) is 18.2. The van der Waals surface area contributed by atoms with Gasteiger partial charge in [-0.1, -0.05) is 17.7 Å². The van der Waals surface area contributed by atoms with Crippen molar-refractivity contribution in [2.75, 3.05) is 23.9 Å². The largest absolute Gasteiger partial charge is 0.493 e. The van der Waals surface area contributed by atoms with Gasteiger partial charge in [-0.25, -0.2) is 4.79 Å². The van der Waals surface area contributed by atoms with E-state index < -0.39 is 0 Å². The van der Waals surface area contributed by atoms with E-state index in [1.54, 1.807) is 12.1 Å². The Balaban J connectivity index is 1.63. The molecule has 0 unspecified atom stereocenters. The Morgan fingerprint density at radius 1 is 1.20 bits per heavy atom. The molecular formula is C17H22N4O4. The fourth-order valence-electron chi connectivity index (χ4n) is 2.15. The molecule has 1 aromatic carbocycles. The van der Waals surface area contributed by atoms with Gasteiger partial charge in [0.2, 0.25) is 18.2 Å². The summed E-state index contributed by atoms with van der Waals surface area (Å²) in [6.07, 6.45) is 1.15. The minimum absolute atomic E-state index is 0.263. The Bertz CT molecular complexity index is 714. The van der Waals surface area contributed by atoms with Crippen molar-refractivity contribution in [1.29, 1.82) is 0 Å². The van der Waals surface area contributed by atoms with Gasteiger partial charge in [-0.2, -0.15) is 0 Å². The normalized spacial score (nSPS) is 10.0. The maximum Gasteiger partial charge on any atom is 0.321 e. The van der Waals surface area contributed by atoms with Crippen LogP contribution in [0.1, 0.15) is 17.5 Å². The number of nitrogens with one attached hydrogen (secondary N) is 4. The average Bonchev–Trinajstić information content (AvgIpc) is 3.01. The van der Waals surface area contributed by atoms with Gasteiger partial charge in [0, 0.05) is 18.7 Å². The van der Waals surface area contributed by atoms with E-state index >= 15 is 0 Å². The van der Waals surface area contributed by atoms with Gasteiger partial charge in [0.05, 0.1) is 6.61 Å². The van der Waals surface area contributed by atoms with Gasteiger partial charge < -0.3 is 14.5 Å². The molecule has 0 aliphatic rings. The number of anilines is 2. The summed E-state index contributed by atoms with van der Waals surface area (Å²) in [6.45, 7) is 5.02. The summed E-state index contributed by atoms with van der Waals surface area (Å²) in [5.74, 6) is 1.43. The van der Waals surface area contributed by atoms with Gasteiger partial charge in [0.1, 0.15) is 5.75 Å². The molecule has 1 aromatic heterocycles. The molecule has 2 aromatic rings. The first-order valence-electron chi connectivity index (χ1n) is 7.88. The number of rotatable bonds is 9. The molecule has 2 rings (SSSR count). The lowest BCUT2D eigenvalue weighted by molar-refractivity contribution is -0.109. The van der Waals surface area contributed by atoms with Crippen LogP contribution in [0.25, 0.3) is 0 Å². The van der Waals surface area contributed by atoms with Crippen LogP contribution in [0, 0.1) is 13.8 Å². The number of carbonyl (C=O) groups excluding carboxylic acids is 2. The van der Waals surface area contributed by atoms with E-state index in [0.29, 0.717) is 31.9 Å². The fourth-order valence-corrected chi connectivity index (χ4v) is 2.15.